The van der Waals surface area contributed by atoms with Crippen LogP contribution in [0.3, 0.4) is 0 Å². The molecule has 4 fully saturated rings. The fourth-order valence-electron chi connectivity index (χ4n) is 11.8. The van der Waals surface area contributed by atoms with Gasteiger partial charge in [-0.2, -0.15) is 18.3 Å². The lowest BCUT2D eigenvalue weighted by atomic mass is 9.57. The maximum absolute atomic E-state index is 13.9. The van der Waals surface area contributed by atoms with Crippen molar-refractivity contribution in [2.24, 2.45) is 11.3 Å². The van der Waals surface area contributed by atoms with E-state index in [1.54, 1.807) is 23.5 Å². The summed E-state index contributed by atoms with van der Waals surface area (Å²) in [5.74, 6) is 1.08. The highest BCUT2D eigenvalue weighted by Crippen LogP contribution is 2.53. The number of alkyl halides is 3. The number of H-pyrrole nitrogens is 1. The van der Waals surface area contributed by atoms with E-state index in [4.69, 9.17) is 14.7 Å². The van der Waals surface area contributed by atoms with Crippen LogP contribution >= 0.6 is 0 Å². The Hall–Kier alpha value is -5.29. The molecule has 17 heteroatoms. The molecule has 7 aliphatic rings. The van der Waals surface area contributed by atoms with E-state index in [0.717, 1.165) is 85.4 Å². The number of hydrogen-bond donors (Lipinski definition) is 2. The Kier molecular flexibility index (Phi) is 9.11. The minimum absolute atomic E-state index is 0.190. The van der Waals surface area contributed by atoms with Crippen molar-refractivity contribution < 1.29 is 32.3 Å². The average molecular weight is 839 g/mol. The Labute approximate surface area is 350 Å². The molecule has 11 rings (SSSR count). The smallest absolute Gasteiger partial charge is 0.401 e. The van der Waals surface area contributed by atoms with Crippen molar-refractivity contribution in [1.82, 2.24) is 40.2 Å². The summed E-state index contributed by atoms with van der Waals surface area (Å²) >= 11 is 0. The third kappa shape index (κ3) is 6.78. The molecule has 3 saturated heterocycles. The van der Waals surface area contributed by atoms with Crippen molar-refractivity contribution in [2.45, 2.75) is 88.8 Å². The molecule has 1 aliphatic carbocycles. The second-order valence-corrected chi connectivity index (χ2v) is 18.6. The number of benzene rings is 2. The van der Waals surface area contributed by atoms with Crippen molar-refractivity contribution in [3.8, 4) is 5.75 Å². The molecule has 4 aromatic rings. The van der Waals surface area contributed by atoms with Crippen LogP contribution in [0.4, 0.5) is 24.8 Å². The van der Waals surface area contributed by atoms with Gasteiger partial charge in [0.2, 0.25) is 17.8 Å². The summed E-state index contributed by atoms with van der Waals surface area (Å²) in [6.45, 7) is 7.24. The summed E-state index contributed by atoms with van der Waals surface area (Å²) in [5, 5.41) is 10.5. The number of imide groups is 1. The first kappa shape index (κ1) is 38.6. The standard InChI is InChI=1S/C44H49F3N10O4/c1-25-12-32-30(2-3-34-33(32)19-50-52-34)39(57(25)24-44(45,46)47)28-17-48-42(49-18-28)54-8-6-43(7-9-54)15-26(16-43)20-53-10-11-55-29(22-53)23-61-37-14-31-27(13-36(37)55)21-56(41(31)60)35-4-5-38(58)51-40(35)59/h2-3,13-14,17-19,25-26,29,35,39H,4-12,15-16,20-24H2,1H3,(H,50,52)(H,51,58,59)/t25-,29+,35?,39-/m0/s1. The van der Waals surface area contributed by atoms with Crippen LogP contribution in [0.25, 0.3) is 10.9 Å². The number of anilines is 2. The number of carbonyl (C=O) groups is 3. The van der Waals surface area contributed by atoms with Gasteiger partial charge in [0.25, 0.3) is 5.91 Å². The van der Waals surface area contributed by atoms with Gasteiger partial charge in [0.15, 0.2) is 0 Å². The lowest BCUT2D eigenvalue weighted by Crippen LogP contribution is -2.59. The molecule has 8 heterocycles. The van der Waals surface area contributed by atoms with Crippen molar-refractivity contribution >= 4 is 40.3 Å². The second kappa shape index (κ2) is 14.4. The molecule has 2 aromatic carbocycles. The number of nitrogens with zero attached hydrogens (tertiary/aromatic N) is 8. The highest BCUT2D eigenvalue weighted by molar-refractivity contribution is 6.06. The first-order chi connectivity index (χ1) is 29.4. The Morgan fingerprint density at radius 3 is 2.56 bits per heavy atom. The molecule has 3 amide bonds. The number of amides is 3. The van der Waals surface area contributed by atoms with E-state index in [-0.39, 0.29) is 30.3 Å². The first-order valence-corrected chi connectivity index (χ1v) is 21.7. The number of carbonyl (C=O) groups excluding carboxylic acids is 3. The van der Waals surface area contributed by atoms with E-state index in [1.165, 1.54) is 17.7 Å². The van der Waals surface area contributed by atoms with Crippen LogP contribution in [0, 0.1) is 11.3 Å². The molecule has 1 spiro atoms. The summed E-state index contributed by atoms with van der Waals surface area (Å²) in [5.41, 5.74) is 6.19. The van der Waals surface area contributed by atoms with Crippen molar-refractivity contribution in [1.29, 1.82) is 0 Å². The normalized spacial score (nSPS) is 26.8. The Bertz CT molecular complexity index is 2410. The van der Waals surface area contributed by atoms with Gasteiger partial charge in [-0.15, -0.1) is 0 Å². The van der Waals surface area contributed by atoms with Gasteiger partial charge >= 0.3 is 6.18 Å². The molecule has 2 N–H and O–H groups in total. The van der Waals surface area contributed by atoms with Crippen LogP contribution in [-0.4, -0.2) is 129 Å². The number of rotatable bonds is 6. The molecule has 1 saturated carbocycles. The van der Waals surface area contributed by atoms with Gasteiger partial charge in [-0.1, -0.05) is 6.07 Å². The van der Waals surface area contributed by atoms with E-state index in [9.17, 15) is 27.6 Å². The Morgan fingerprint density at radius 1 is 0.984 bits per heavy atom. The zero-order valence-electron chi connectivity index (χ0n) is 34.1. The van der Waals surface area contributed by atoms with Crippen LogP contribution in [-0.2, 0) is 22.6 Å². The predicted octanol–water partition coefficient (Wildman–Crippen LogP) is 4.59. The lowest BCUT2D eigenvalue weighted by Gasteiger charge is -2.54. The highest BCUT2D eigenvalue weighted by Gasteiger charge is 2.48. The zero-order chi connectivity index (χ0) is 41.8. The monoisotopic (exact) mass is 838 g/mol. The topological polar surface area (TPSA) is 143 Å². The number of piperazine rings is 1. The summed E-state index contributed by atoms with van der Waals surface area (Å²) < 4.78 is 48.0. The van der Waals surface area contributed by atoms with Crippen LogP contribution < -0.4 is 19.9 Å². The molecule has 0 radical (unpaired) electrons. The van der Waals surface area contributed by atoms with Crippen molar-refractivity contribution in [3.05, 3.63) is 70.7 Å². The van der Waals surface area contributed by atoms with E-state index < -0.39 is 30.7 Å². The number of fused-ring (bicyclic) bond motifs is 7. The zero-order valence-corrected chi connectivity index (χ0v) is 34.1. The van der Waals surface area contributed by atoms with Gasteiger partial charge in [-0.25, -0.2) is 9.97 Å². The van der Waals surface area contributed by atoms with E-state index in [1.807, 2.05) is 25.1 Å². The molecule has 320 valence electrons. The van der Waals surface area contributed by atoms with Crippen molar-refractivity contribution in [2.75, 3.05) is 62.2 Å². The van der Waals surface area contributed by atoms with Crippen LogP contribution in [0.1, 0.15) is 84.1 Å². The summed E-state index contributed by atoms with van der Waals surface area (Å²) in [7, 11) is 0. The fraction of sp³-hybridized carbons (Fsp3) is 0.545. The fourth-order valence-corrected chi connectivity index (χ4v) is 11.8. The predicted molar refractivity (Wildman–Crippen MR) is 218 cm³/mol. The van der Waals surface area contributed by atoms with Crippen LogP contribution in [0.2, 0.25) is 0 Å². The first-order valence-electron chi connectivity index (χ1n) is 21.7. The number of hydrogen-bond acceptors (Lipinski definition) is 11. The van der Waals surface area contributed by atoms with Gasteiger partial charge in [0.1, 0.15) is 18.4 Å². The molecule has 4 atom stereocenters. The second-order valence-electron chi connectivity index (χ2n) is 18.6. The van der Waals surface area contributed by atoms with Gasteiger partial charge in [0.05, 0.1) is 36.0 Å². The van der Waals surface area contributed by atoms with Gasteiger partial charge in [-0.05, 0) is 91.7 Å². The van der Waals surface area contributed by atoms with Crippen LogP contribution in [0.5, 0.6) is 5.75 Å². The molecule has 61 heavy (non-hydrogen) atoms. The number of aromatic nitrogens is 4. The Morgan fingerprint density at radius 2 is 1.79 bits per heavy atom. The van der Waals surface area contributed by atoms with E-state index >= 15 is 0 Å². The summed E-state index contributed by atoms with van der Waals surface area (Å²) in [4.78, 5) is 57.5. The third-order valence-electron chi connectivity index (χ3n) is 14.8. The van der Waals surface area contributed by atoms with Gasteiger partial charge < -0.3 is 19.4 Å². The molecular weight excluding hydrogens is 790 g/mol. The molecule has 6 aliphatic heterocycles. The highest BCUT2D eigenvalue weighted by atomic mass is 19.4. The maximum atomic E-state index is 13.9. The molecular formula is C44H49F3N10O4. The van der Waals surface area contributed by atoms with Gasteiger partial charge in [0, 0.05) is 87.2 Å². The number of ether oxygens (including phenoxy) is 1. The number of piperidine rings is 2. The summed E-state index contributed by atoms with van der Waals surface area (Å²) in [6.07, 6.45) is 6.46. The minimum Gasteiger partial charge on any atom is -0.489 e. The largest absolute Gasteiger partial charge is 0.489 e. The van der Waals surface area contributed by atoms with Crippen LogP contribution in [0.15, 0.2) is 42.9 Å². The maximum Gasteiger partial charge on any atom is 0.401 e. The SMILES string of the molecule is C[C@H]1Cc2c(ccc3[nH]ncc23)[C@H](c2cnc(N3CCC4(CC3)CC(CN3CCN5c6cc7c(cc6OC[C@H]5C3)C(=O)N(C3CCC(=O)NC3=O)C7)C4)nc2)N1CC(F)(F)F. The number of nitrogens with one attached hydrogen (secondary N) is 2. The molecule has 0 bridgehead atoms. The quantitative estimate of drug-likeness (QED) is 0.264. The lowest BCUT2D eigenvalue weighted by molar-refractivity contribution is -0.155. The third-order valence-corrected chi connectivity index (χ3v) is 14.8. The molecule has 2 aromatic heterocycles. The minimum atomic E-state index is -4.35. The average Bonchev–Trinajstić information content (AvgIpc) is 3.84. The number of halogens is 3. The number of aromatic amines is 1. The van der Waals surface area contributed by atoms with Crippen molar-refractivity contribution in [3.63, 3.8) is 0 Å². The molecule has 14 nitrogen and oxygen atoms in total. The van der Waals surface area contributed by atoms with E-state index in [0.29, 0.717) is 60.2 Å². The van der Waals surface area contributed by atoms with E-state index in [2.05, 4.69) is 36.3 Å². The Balaban J connectivity index is 0.693. The van der Waals surface area contributed by atoms with Gasteiger partial charge in [-0.3, -0.25) is 34.6 Å². The summed E-state index contributed by atoms with van der Waals surface area (Å²) in [6, 6.07) is 6.32. The molecule has 1 unspecified atom stereocenters.